The molecule has 1 aliphatic heterocycles. The maximum atomic E-state index is 13.8. The highest BCUT2D eigenvalue weighted by atomic mass is 19.1. The Hall–Kier alpha value is -1.87. The number of rotatable bonds is 3. The lowest BCUT2D eigenvalue weighted by Gasteiger charge is -2.37. The van der Waals surface area contributed by atoms with E-state index >= 15 is 0 Å². The van der Waals surface area contributed by atoms with Crippen LogP contribution in [0.25, 0.3) is 0 Å². The van der Waals surface area contributed by atoms with Crippen LogP contribution in [-0.4, -0.2) is 31.1 Å². The molecule has 21 heavy (non-hydrogen) atoms. The summed E-state index contributed by atoms with van der Waals surface area (Å²) in [6, 6.07) is 17.0. The van der Waals surface area contributed by atoms with E-state index in [1.54, 1.807) is 12.1 Å². The van der Waals surface area contributed by atoms with Gasteiger partial charge in [0.1, 0.15) is 6.10 Å². The maximum absolute atomic E-state index is 13.8. The molecule has 0 aromatic heterocycles. The van der Waals surface area contributed by atoms with E-state index in [9.17, 15) is 4.39 Å². The largest absolute Gasteiger partial charge is 0.487 e. The quantitative estimate of drug-likeness (QED) is 0.852. The van der Waals surface area contributed by atoms with Crippen molar-refractivity contribution in [2.45, 2.75) is 18.4 Å². The zero-order valence-electron chi connectivity index (χ0n) is 12.2. The molecule has 3 heteroatoms. The molecule has 2 aromatic rings. The second kappa shape index (κ2) is 6.27. The smallest absolute Gasteiger partial charge is 0.165 e. The molecule has 1 fully saturated rings. The van der Waals surface area contributed by atoms with Crippen molar-refractivity contribution in [3.63, 3.8) is 0 Å². The second-order valence-corrected chi connectivity index (χ2v) is 5.65. The molecule has 1 heterocycles. The van der Waals surface area contributed by atoms with Crippen molar-refractivity contribution in [1.29, 1.82) is 0 Å². The summed E-state index contributed by atoms with van der Waals surface area (Å²) >= 11 is 0. The minimum atomic E-state index is -0.289. The van der Waals surface area contributed by atoms with Gasteiger partial charge in [-0.05, 0) is 31.2 Å². The number of halogens is 1. The Balaban J connectivity index is 1.83. The predicted molar refractivity (Wildman–Crippen MR) is 82.1 cm³/mol. The summed E-state index contributed by atoms with van der Waals surface area (Å²) in [6.45, 7) is 1.91. The molecule has 2 nitrogen and oxygen atoms in total. The van der Waals surface area contributed by atoms with E-state index in [0.717, 1.165) is 19.5 Å². The molecule has 110 valence electrons. The molecule has 3 rings (SSSR count). The highest BCUT2D eigenvalue weighted by Crippen LogP contribution is 2.31. The van der Waals surface area contributed by atoms with Crippen LogP contribution in [0.2, 0.25) is 0 Å². The number of benzene rings is 2. The Morgan fingerprint density at radius 2 is 1.76 bits per heavy atom. The van der Waals surface area contributed by atoms with Gasteiger partial charge in [0, 0.05) is 19.0 Å². The van der Waals surface area contributed by atoms with Gasteiger partial charge in [0.2, 0.25) is 0 Å². The first-order valence-corrected chi connectivity index (χ1v) is 7.39. The number of piperidine rings is 1. The van der Waals surface area contributed by atoms with E-state index in [-0.39, 0.29) is 17.8 Å². The summed E-state index contributed by atoms with van der Waals surface area (Å²) in [5.41, 5.74) is 1.25. The number of likely N-dealkylation sites (N-methyl/N-ethyl adjacent to an activating group) is 1. The average molecular weight is 285 g/mol. The number of ether oxygens (including phenoxy) is 1. The number of para-hydroxylation sites is 1. The summed E-state index contributed by atoms with van der Waals surface area (Å²) in [7, 11) is 2.12. The van der Waals surface area contributed by atoms with Gasteiger partial charge in [0.25, 0.3) is 0 Å². The molecular weight excluding hydrogens is 265 g/mol. The highest BCUT2D eigenvalue weighted by Gasteiger charge is 2.31. The van der Waals surface area contributed by atoms with E-state index in [1.807, 2.05) is 24.3 Å². The fourth-order valence-corrected chi connectivity index (χ4v) is 2.96. The number of likely N-dealkylation sites (tertiary alicyclic amines) is 1. The number of hydrogen-bond donors (Lipinski definition) is 0. The zero-order valence-corrected chi connectivity index (χ0v) is 12.2. The highest BCUT2D eigenvalue weighted by molar-refractivity contribution is 5.26. The third kappa shape index (κ3) is 3.24. The lowest BCUT2D eigenvalue weighted by atomic mass is 9.88. The second-order valence-electron chi connectivity index (χ2n) is 5.65. The van der Waals surface area contributed by atoms with Gasteiger partial charge in [0.15, 0.2) is 11.6 Å². The van der Waals surface area contributed by atoms with Gasteiger partial charge < -0.3 is 9.64 Å². The Kier molecular flexibility index (Phi) is 4.20. The van der Waals surface area contributed by atoms with E-state index in [0.29, 0.717) is 5.75 Å². The van der Waals surface area contributed by atoms with Gasteiger partial charge in [-0.3, -0.25) is 0 Å². The van der Waals surface area contributed by atoms with Gasteiger partial charge in [-0.2, -0.15) is 0 Å². The Bertz CT molecular complexity index is 587. The van der Waals surface area contributed by atoms with Crippen molar-refractivity contribution in [3.05, 3.63) is 66.0 Å². The molecular formula is C18H20FNO. The zero-order chi connectivity index (χ0) is 14.7. The van der Waals surface area contributed by atoms with E-state index in [2.05, 4.69) is 24.1 Å². The van der Waals surface area contributed by atoms with Crippen LogP contribution in [0.15, 0.2) is 54.6 Å². The van der Waals surface area contributed by atoms with Crippen LogP contribution in [0.1, 0.15) is 17.9 Å². The molecule has 0 aliphatic carbocycles. The molecule has 0 bridgehead atoms. The predicted octanol–water partition coefficient (Wildman–Crippen LogP) is 3.69. The molecule has 0 unspecified atom stereocenters. The fourth-order valence-electron chi connectivity index (χ4n) is 2.96. The van der Waals surface area contributed by atoms with Gasteiger partial charge in [-0.1, -0.05) is 42.5 Å². The average Bonchev–Trinajstić information content (AvgIpc) is 2.52. The SMILES string of the molecule is CN1CC[C@@H](Oc2ccccc2F)[C@@H](c2ccccc2)C1. The molecule has 0 amide bonds. The molecule has 2 aromatic carbocycles. The van der Waals surface area contributed by atoms with Crippen molar-refractivity contribution in [2.24, 2.45) is 0 Å². The number of nitrogens with zero attached hydrogens (tertiary/aromatic N) is 1. The third-order valence-corrected chi connectivity index (χ3v) is 4.10. The standard InChI is InChI=1S/C18H20FNO/c1-20-12-11-17(21-18-10-6-5-9-16(18)19)15(13-20)14-7-3-2-4-8-14/h2-10,15,17H,11-13H2,1H3/t15-,17-/m1/s1. The molecule has 0 saturated carbocycles. The topological polar surface area (TPSA) is 12.5 Å². The van der Waals surface area contributed by atoms with Gasteiger partial charge in [0.05, 0.1) is 0 Å². The lowest BCUT2D eigenvalue weighted by molar-refractivity contribution is 0.0867. The molecule has 0 spiro atoms. The molecule has 0 radical (unpaired) electrons. The van der Waals surface area contributed by atoms with E-state index < -0.39 is 0 Å². The van der Waals surface area contributed by atoms with Crippen LogP contribution >= 0.6 is 0 Å². The first-order valence-electron chi connectivity index (χ1n) is 7.39. The van der Waals surface area contributed by atoms with E-state index in [4.69, 9.17) is 4.74 Å². The first kappa shape index (κ1) is 14.1. The lowest BCUT2D eigenvalue weighted by Crippen LogP contribution is -2.42. The van der Waals surface area contributed by atoms with Crippen molar-refractivity contribution in [3.8, 4) is 5.75 Å². The number of hydrogen-bond acceptors (Lipinski definition) is 2. The normalized spacial score (nSPS) is 23.0. The van der Waals surface area contributed by atoms with Crippen LogP contribution in [0.4, 0.5) is 4.39 Å². The summed E-state index contributed by atoms with van der Waals surface area (Å²) in [6.07, 6.45) is 0.921. The van der Waals surface area contributed by atoms with Crippen LogP contribution in [0, 0.1) is 5.82 Å². The van der Waals surface area contributed by atoms with Crippen LogP contribution in [0.3, 0.4) is 0 Å². The fraction of sp³-hybridized carbons (Fsp3) is 0.333. The van der Waals surface area contributed by atoms with E-state index in [1.165, 1.54) is 11.6 Å². The third-order valence-electron chi connectivity index (χ3n) is 4.10. The summed E-state index contributed by atoms with van der Waals surface area (Å²) in [4.78, 5) is 2.30. The van der Waals surface area contributed by atoms with Crippen LogP contribution in [-0.2, 0) is 0 Å². The van der Waals surface area contributed by atoms with Crippen molar-refractivity contribution in [1.82, 2.24) is 4.90 Å². The minimum Gasteiger partial charge on any atom is -0.487 e. The summed E-state index contributed by atoms with van der Waals surface area (Å²) in [5.74, 6) is 0.334. The van der Waals surface area contributed by atoms with Gasteiger partial charge >= 0.3 is 0 Å². The molecule has 2 atom stereocenters. The Morgan fingerprint density at radius 1 is 1.05 bits per heavy atom. The van der Waals surface area contributed by atoms with Crippen LogP contribution < -0.4 is 4.74 Å². The Morgan fingerprint density at radius 3 is 2.52 bits per heavy atom. The van der Waals surface area contributed by atoms with Crippen LogP contribution in [0.5, 0.6) is 5.75 Å². The maximum Gasteiger partial charge on any atom is 0.165 e. The molecule has 0 N–H and O–H groups in total. The molecule has 1 aliphatic rings. The minimum absolute atomic E-state index is 0.0144. The molecule has 1 saturated heterocycles. The van der Waals surface area contributed by atoms with Gasteiger partial charge in [-0.25, -0.2) is 4.39 Å². The summed E-state index contributed by atoms with van der Waals surface area (Å²) in [5, 5.41) is 0. The monoisotopic (exact) mass is 285 g/mol. The summed E-state index contributed by atoms with van der Waals surface area (Å²) < 4.78 is 19.8. The Labute approximate surface area is 125 Å². The van der Waals surface area contributed by atoms with Crippen molar-refractivity contribution >= 4 is 0 Å². The van der Waals surface area contributed by atoms with Gasteiger partial charge in [-0.15, -0.1) is 0 Å². The van der Waals surface area contributed by atoms with Crippen molar-refractivity contribution in [2.75, 3.05) is 20.1 Å². The van der Waals surface area contributed by atoms with Crippen molar-refractivity contribution < 1.29 is 9.13 Å². The first-order chi connectivity index (χ1) is 10.2.